The lowest BCUT2D eigenvalue weighted by Gasteiger charge is -2.43. The van der Waals surface area contributed by atoms with Crippen LogP contribution in [0.3, 0.4) is 0 Å². The van der Waals surface area contributed by atoms with E-state index in [1.165, 1.54) is 46.5 Å². The Balaban J connectivity index is 1.25. The number of hydrogen-bond acceptors (Lipinski definition) is 7. The summed E-state index contributed by atoms with van der Waals surface area (Å²) >= 11 is 0. The van der Waals surface area contributed by atoms with Crippen molar-refractivity contribution in [3.63, 3.8) is 0 Å². The van der Waals surface area contributed by atoms with Gasteiger partial charge in [0.25, 0.3) is 5.91 Å². The average molecular weight is 632 g/mol. The summed E-state index contributed by atoms with van der Waals surface area (Å²) in [7, 11) is 0. The van der Waals surface area contributed by atoms with Gasteiger partial charge in [0.05, 0.1) is 30.8 Å². The highest BCUT2D eigenvalue weighted by molar-refractivity contribution is 5.97. The monoisotopic (exact) mass is 631 g/mol. The summed E-state index contributed by atoms with van der Waals surface area (Å²) in [6.45, 7) is 12.9. The minimum atomic E-state index is -0.246. The van der Waals surface area contributed by atoms with E-state index in [0.29, 0.717) is 31.9 Å². The highest BCUT2D eigenvalue weighted by Crippen LogP contribution is 2.37. The Labute approximate surface area is 278 Å². The summed E-state index contributed by atoms with van der Waals surface area (Å²) in [5.41, 5.74) is 6.08. The molecule has 0 bridgehead atoms. The van der Waals surface area contributed by atoms with Crippen molar-refractivity contribution in [1.82, 2.24) is 19.7 Å². The van der Waals surface area contributed by atoms with Gasteiger partial charge in [-0.25, -0.2) is 4.98 Å². The van der Waals surface area contributed by atoms with Crippen molar-refractivity contribution in [2.24, 2.45) is 0 Å². The van der Waals surface area contributed by atoms with Crippen LogP contribution in [0.4, 0.5) is 11.4 Å². The molecule has 9 nitrogen and oxygen atoms in total. The van der Waals surface area contributed by atoms with Gasteiger partial charge in [-0.3, -0.25) is 9.59 Å². The Morgan fingerprint density at radius 2 is 1.77 bits per heavy atom. The minimum Gasteiger partial charge on any atom is -0.367 e. The molecule has 3 fully saturated rings. The van der Waals surface area contributed by atoms with Gasteiger partial charge in [-0.2, -0.15) is 5.26 Å². The molecule has 4 aliphatic heterocycles. The van der Waals surface area contributed by atoms with Crippen molar-refractivity contribution >= 4 is 34.0 Å². The first-order valence-corrected chi connectivity index (χ1v) is 17.3. The average Bonchev–Trinajstić information content (AvgIpc) is 3.79. The third-order valence-electron chi connectivity index (χ3n) is 10.7. The number of carbonyl (C=O) groups is 2. The molecule has 0 saturated carbocycles. The van der Waals surface area contributed by atoms with Gasteiger partial charge in [0.2, 0.25) is 5.91 Å². The second kappa shape index (κ2) is 13.4. The molecule has 5 heterocycles. The van der Waals surface area contributed by atoms with E-state index in [1.54, 1.807) is 4.90 Å². The number of piperazine rings is 1. The summed E-state index contributed by atoms with van der Waals surface area (Å²) in [5.74, 6) is -0.125. The number of amides is 2. The Morgan fingerprint density at radius 3 is 2.55 bits per heavy atom. The molecule has 2 aromatic carbocycles. The van der Waals surface area contributed by atoms with Crippen LogP contribution in [-0.4, -0.2) is 95.9 Å². The Morgan fingerprint density at radius 1 is 0.957 bits per heavy atom. The van der Waals surface area contributed by atoms with Crippen LogP contribution in [0.2, 0.25) is 0 Å². The van der Waals surface area contributed by atoms with Crippen molar-refractivity contribution in [2.75, 3.05) is 62.2 Å². The molecule has 0 radical (unpaired) electrons. The van der Waals surface area contributed by atoms with E-state index in [0.717, 1.165) is 63.4 Å². The van der Waals surface area contributed by atoms with Gasteiger partial charge in [-0.15, -0.1) is 0 Å². The number of benzene rings is 2. The molecule has 4 aliphatic rings. The van der Waals surface area contributed by atoms with Gasteiger partial charge in [0.1, 0.15) is 5.69 Å². The number of hydrogen-bond donors (Lipinski definition) is 0. The first-order valence-electron chi connectivity index (χ1n) is 17.3. The Kier molecular flexibility index (Phi) is 8.87. The number of likely N-dealkylation sites (tertiary alicyclic amines) is 2. The number of aromatic nitrogens is 1. The van der Waals surface area contributed by atoms with Crippen molar-refractivity contribution < 1.29 is 9.59 Å². The molecular formula is C38H45N7O2. The van der Waals surface area contributed by atoms with E-state index in [-0.39, 0.29) is 30.3 Å². The standard InChI is InChI=1S/C38H45N7O2/c1-3-36(46)44-22-21-43(25-30(44)14-16-39)35-23-32(38(47)45-19-8-12-29(45)24-41-17-4-5-18-41)40-33-26-42(20-15-31(33)35)34-13-7-11-28-10-6-9-27(2)37(28)34/h3,6-7,9-11,13,23,29-30H,1,4-5,8,12,14-15,17-22,24-26H2,2H3. The van der Waals surface area contributed by atoms with Gasteiger partial charge in [0.15, 0.2) is 0 Å². The van der Waals surface area contributed by atoms with E-state index in [4.69, 9.17) is 4.98 Å². The molecule has 244 valence electrons. The number of nitriles is 1. The SMILES string of the molecule is C=CC(=O)N1CCN(c2cc(C(=O)N3CCCC3CN3CCCC3)nc3c2CCN(c2cccc4cccc(C)c24)C3)CC1CC#N. The highest BCUT2D eigenvalue weighted by atomic mass is 16.2. The molecule has 9 heteroatoms. The maximum Gasteiger partial charge on any atom is 0.272 e. The molecule has 7 rings (SSSR count). The van der Waals surface area contributed by atoms with Crippen LogP contribution < -0.4 is 9.80 Å². The second-order valence-electron chi connectivity index (χ2n) is 13.6. The molecule has 0 spiro atoms. The van der Waals surface area contributed by atoms with Crippen LogP contribution in [0.1, 0.15) is 59.4 Å². The van der Waals surface area contributed by atoms with Gasteiger partial charge in [0, 0.05) is 67.6 Å². The summed E-state index contributed by atoms with van der Waals surface area (Å²) < 4.78 is 0. The maximum atomic E-state index is 14.4. The summed E-state index contributed by atoms with van der Waals surface area (Å²) in [6.07, 6.45) is 6.90. The summed E-state index contributed by atoms with van der Waals surface area (Å²) in [5, 5.41) is 12.1. The van der Waals surface area contributed by atoms with E-state index in [2.05, 4.69) is 75.6 Å². The van der Waals surface area contributed by atoms with Crippen molar-refractivity contribution in [3.05, 3.63) is 77.6 Å². The Bertz CT molecular complexity index is 1720. The van der Waals surface area contributed by atoms with Crippen LogP contribution in [-0.2, 0) is 17.8 Å². The van der Waals surface area contributed by atoms with E-state index in [9.17, 15) is 14.9 Å². The predicted octanol–water partition coefficient (Wildman–Crippen LogP) is 4.92. The van der Waals surface area contributed by atoms with Gasteiger partial charge < -0.3 is 24.5 Å². The van der Waals surface area contributed by atoms with Gasteiger partial charge >= 0.3 is 0 Å². The maximum absolute atomic E-state index is 14.4. The van der Waals surface area contributed by atoms with Crippen LogP contribution in [0, 0.1) is 18.3 Å². The summed E-state index contributed by atoms with van der Waals surface area (Å²) in [4.78, 5) is 43.3. The van der Waals surface area contributed by atoms with Crippen LogP contribution >= 0.6 is 0 Å². The number of carbonyl (C=O) groups excluding carboxylic acids is 2. The first kappa shape index (κ1) is 31.2. The molecule has 2 atom stereocenters. The predicted molar refractivity (Wildman–Crippen MR) is 186 cm³/mol. The zero-order valence-electron chi connectivity index (χ0n) is 27.5. The molecule has 0 N–H and O–H groups in total. The normalized spacial score (nSPS) is 21.6. The number of pyridine rings is 1. The molecule has 1 aromatic heterocycles. The fraction of sp³-hybridized carbons (Fsp3) is 0.474. The zero-order valence-corrected chi connectivity index (χ0v) is 27.5. The quantitative estimate of drug-likeness (QED) is 0.342. The fourth-order valence-electron chi connectivity index (χ4n) is 8.35. The fourth-order valence-corrected chi connectivity index (χ4v) is 8.35. The lowest BCUT2D eigenvalue weighted by atomic mass is 9.97. The van der Waals surface area contributed by atoms with E-state index < -0.39 is 0 Å². The number of aryl methyl sites for hydroxylation is 1. The van der Waals surface area contributed by atoms with Crippen LogP contribution in [0.25, 0.3) is 10.8 Å². The number of nitrogens with zero attached hydrogens (tertiary/aromatic N) is 7. The smallest absolute Gasteiger partial charge is 0.272 e. The first-order chi connectivity index (χ1) is 22.9. The third-order valence-corrected chi connectivity index (χ3v) is 10.7. The molecule has 3 saturated heterocycles. The van der Waals surface area contributed by atoms with Crippen molar-refractivity contribution in [3.8, 4) is 6.07 Å². The topological polar surface area (TPSA) is 87.0 Å². The molecular weight excluding hydrogens is 586 g/mol. The Hall–Kier alpha value is -4.42. The highest BCUT2D eigenvalue weighted by Gasteiger charge is 2.36. The minimum absolute atomic E-state index is 0.0166. The van der Waals surface area contributed by atoms with Crippen LogP contribution in [0.5, 0.6) is 0 Å². The number of fused-ring (bicyclic) bond motifs is 2. The molecule has 0 aliphatic carbocycles. The third kappa shape index (κ3) is 6.07. The molecule has 2 amide bonds. The molecule has 3 aromatic rings. The van der Waals surface area contributed by atoms with Crippen LogP contribution in [0.15, 0.2) is 55.1 Å². The van der Waals surface area contributed by atoms with Crippen molar-refractivity contribution in [2.45, 2.75) is 64.1 Å². The number of anilines is 2. The van der Waals surface area contributed by atoms with E-state index >= 15 is 0 Å². The van der Waals surface area contributed by atoms with E-state index in [1.807, 2.05) is 6.07 Å². The number of rotatable bonds is 7. The van der Waals surface area contributed by atoms with Gasteiger partial charge in [-0.1, -0.05) is 36.9 Å². The second-order valence-corrected chi connectivity index (χ2v) is 13.6. The zero-order chi connectivity index (χ0) is 32.5. The molecule has 47 heavy (non-hydrogen) atoms. The largest absolute Gasteiger partial charge is 0.367 e. The lowest BCUT2D eigenvalue weighted by molar-refractivity contribution is -0.128. The summed E-state index contributed by atoms with van der Waals surface area (Å²) in [6, 6.07) is 17.2. The van der Waals surface area contributed by atoms with Gasteiger partial charge in [-0.05, 0) is 81.3 Å². The lowest BCUT2D eigenvalue weighted by Crippen LogP contribution is -2.55. The molecule has 2 unspecified atom stereocenters. The van der Waals surface area contributed by atoms with Crippen molar-refractivity contribution in [1.29, 1.82) is 5.26 Å².